The van der Waals surface area contributed by atoms with Gasteiger partial charge in [0.25, 0.3) is 0 Å². The molecule has 110 valence electrons. The van der Waals surface area contributed by atoms with Gasteiger partial charge in [0, 0.05) is 20.1 Å². The Morgan fingerprint density at radius 2 is 2.20 bits per heavy atom. The van der Waals surface area contributed by atoms with Crippen molar-refractivity contribution in [3.8, 4) is 0 Å². The highest BCUT2D eigenvalue weighted by molar-refractivity contribution is 6.30. The Bertz CT molecular complexity index is 486. The van der Waals surface area contributed by atoms with Gasteiger partial charge in [-0.3, -0.25) is 0 Å². The van der Waals surface area contributed by atoms with E-state index in [1.54, 1.807) is 0 Å². The molecule has 5 heteroatoms. The highest BCUT2D eigenvalue weighted by Crippen LogP contribution is 2.34. The van der Waals surface area contributed by atoms with Gasteiger partial charge in [0.05, 0.1) is 24.4 Å². The van der Waals surface area contributed by atoms with E-state index in [9.17, 15) is 0 Å². The van der Waals surface area contributed by atoms with Crippen molar-refractivity contribution in [3.63, 3.8) is 0 Å². The van der Waals surface area contributed by atoms with E-state index in [0.717, 1.165) is 51.4 Å². The van der Waals surface area contributed by atoms with Crippen LogP contribution in [0.15, 0.2) is 28.0 Å². The van der Waals surface area contributed by atoms with Crippen LogP contribution < -0.4 is 0 Å². The number of halogens is 1. The van der Waals surface area contributed by atoms with Crippen molar-refractivity contribution in [2.75, 3.05) is 33.4 Å². The minimum absolute atomic E-state index is 0.0273. The lowest BCUT2D eigenvalue weighted by molar-refractivity contribution is -0.0531. The summed E-state index contributed by atoms with van der Waals surface area (Å²) in [4.78, 5) is 9.42. The first kappa shape index (κ1) is 14.0. The van der Waals surface area contributed by atoms with Crippen molar-refractivity contribution in [2.24, 2.45) is 4.99 Å². The molecule has 0 bridgehead atoms. The van der Waals surface area contributed by atoms with E-state index in [1.165, 1.54) is 5.70 Å². The lowest BCUT2D eigenvalue weighted by atomic mass is 9.89. The number of fused-ring (bicyclic) bond motifs is 3. The average Bonchev–Trinajstić information content (AvgIpc) is 2.43. The summed E-state index contributed by atoms with van der Waals surface area (Å²) in [5, 5.41) is 0.609. The Morgan fingerprint density at radius 1 is 1.40 bits per heavy atom. The number of morpholine rings is 1. The van der Waals surface area contributed by atoms with E-state index in [1.807, 2.05) is 6.08 Å². The van der Waals surface area contributed by atoms with Gasteiger partial charge in [-0.15, -0.1) is 0 Å². The van der Waals surface area contributed by atoms with Crippen LogP contribution >= 0.6 is 11.6 Å². The molecule has 1 unspecified atom stereocenters. The summed E-state index contributed by atoms with van der Waals surface area (Å²) in [6.45, 7) is 5.63. The van der Waals surface area contributed by atoms with Gasteiger partial charge in [-0.05, 0) is 25.3 Å². The van der Waals surface area contributed by atoms with Crippen LogP contribution in [0.2, 0.25) is 0 Å². The van der Waals surface area contributed by atoms with Gasteiger partial charge in [0.1, 0.15) is 5.16 Å². The summed E-state index contributed by atoms with van der Waals surface area (Å²) in [7, 11) is 2.14. The van der Waals surface area contributed by atoms with E-state index in [2.05, 4.69) is 34.8 Å². The molecule has 1 atom stereocenters. The van der Waals surface area contributed by atoms with E-state index in [-0.39, 0.29) is 5.54 Å². The van der Waals surface area contributed by atoms with Crippen LogP contribution in [0.5, 0.6) is 0 Å². The lowest BCUT2D eigenvalue weighted by Crippen LogP contribution is -2.67. The van der Waals surface area contributed by atoms with Crippen molar-refractivity contribution in [2.45, 2.75) is 31.7 Å². The summed E-state index contributed by atoms with van der Waals surface area (Å²) in [6, 6.07) is 0. The van der Waals surface area contributed by atoms with E-state index in [0.29, 0.717) is 5.16 Å². The van der Waals surface area contributed by atoms with E-state index < -0.39 is 0 Å². The predicted octanol–water partition coefficient (Wildman–Crippen LogP) is 2.57. The Labute approximate surface area is 125 Å². The summed E-state index contributed by atoms with van der Waals surface area (Å²) in [5.41, 5.74) is 1.24. The van der Waals surface area contributed by atoms with Gasteiger partial charge >= 0.3 is 0 Å². The van der Waals surface area contributed by atoms with Crippen LogP contribution in [0, 0.1) is 0 Å². The number of allylic oxidation sites excluding steroid dienone is 2. The molecule has 0 amide bonds. The number of nitrogens with zero attached hydrogens (tertiary/aromatic N) is 3. The molecule has 0 aliphatic carbocycles. The normalized spacial score (nSPS) is 30.4. The molecule has 4 nitrogen and oxygen atoms in total. The fraction of sp³-hybridized carbons (Fsp3) is 0.667. The molecule has 3 rings (SSSR count). The largest absolute Gasteiger partial charge is 0.377 e. The molecule has 2 fully saturated rings. The maximum atomic E-state index is 6.25. The van der Waals surface area contributed by atoms with Crippen molar-refractivity contribution in [3.05, 3.63) is 23.0 Å². The van der Waals surface area contributed by atoms with Gasteiger partial charge in [-0.1, -0.05) is 24.6 Å². The molecule has 3 aliphatic heterocycles. The third-order valence-corrected chi connectivity index (χ3v) is 4.76. The van der Waals surface area contributed by atoms with Gasteiger partial charge in [0.2, 0.25) is 0 Å². The number of piperazine rings is 1. The third-order valence-electron chi connectivity index (χ3n) is 4.52. The Hall–Kier alpha value is -1.00. The average molecular weight is 296 g/mol. The fourth-order valence-corrected chi connectivity index (χ4v) is 3.56. The van der Waals surface area contributed by atoms with Gasteiger partial charge < -0.3 is 14.5 Å². The number of hydrogen-bond acceptors (Lipinski definition) is 4. The number of likely N-dealkylation sites (N-methyl/N-ethyl adjacent to an activating group) is 1. The predicted molar refractivity (Wildman–Crippen MR) is 81.9 cm³/mol. The number of rotatable bonds is 1. The number of ether oxygens (including phenoxy) is 1. The molecule has 0 aromatic carbocycles. The minimum Gasteiger partial charge on any atom is -0.377 e. The second-order valence-corrected chi connectivity index (χ2v) is 6.15. The second kappa shape index (κ2) is 5.41. The first-order valence-corrected chi connectivity index (χ1v) is 7.75. The van der Waals surface area contributed by atoms with Crippen LogP contribution in [0.3, 0.4) is 0 Å². The zero-order valence-corrected chi connectivity index (χ0v) is 13.0. The lowest BCUT2D eigenvalue weighted by Gasteiger charge is -2.54. The molecular formula is C15H22ClN3O. The number of amidine groups is 1. The molecule has 0 radical (unpaired) electrons. The highest BCUT2D eigenvalue weighted by Gasteiger charge is 2.46. The maximum absolute atomic E-state index is 6.25. The van der Waals surface area contributed by atoms with Crippen LogP contribution in [0.1, 0.15) is 26.2 Å². The van der Waals surface area contributed by atoms with Gasteiger partial charge in [-0.25, -0.2) is 4.99 Å². The molecule has 0 N–H and O–H groups in total. The third kappa shape index (κ3) is 2.25. The Kier molecular flexibility index (Phi) is 3.78. The van der Waals surface area contributed by atoms with Crippen molar-refractivity contribution >= 4 is 17.4 Å². The molecule has 3 aliphatic rings. The zero-order chi connectivity index (χ0) is 14.2. The molecule has 2 saturated heterocycles. The zero-order valence-electron chi connectivity index (χ0n) is 12.2. The maximum Gasteiger partial charge on any atom is 0.154 e. The van der Waals surface area contributed by atoms with Crippen molar-refractivity contribution in [1.29, 1.82) is 0 Å². The molecule has 3 heterocycles. The molecule has 0 spiro atoms. The molecule has 0 aromatic rings. The van der Waals surface area contributed by atoms with Gasteiger partial charge in [0.15, 0.2) is 5.84 Å². The molecule has 0 saturated carbocycles. The van der Waals surface area contributed by atoms with Crippen LogP contribution in [0.4, 0.5) is 0 Å². The number of aliphatic imine (C=N–C) groups is 1. The number of hydrogen-bond donors (Lipinski definition) is 0. The monoisotopic (exact) mass is 295 g/mol. The highest BCUT2D eigenvalue weighted by atomic mass is 35.5. The quantitative estimate of drug-likeness (QED) is 0.696. The fourth-order valence-electron chi connectivity index (χ4n) is 3.37. The second-order valence-electron chi connectivity index (χ2n) is 5.77. The molecular weight excluding hydrogens is 274 g/mol. The van der Waals surface area contributed by atoms with E-state index in [4.69, 9.17) is 16.3 Å². The summed E-state index contributed by atoms with van der Waals surface area (Å²) in [5.74, 6) is 1.02. The van der Waals surface area contributed by atoms with Gasteiger partial charge in [-0.2, -0.15) is 0 Å². The van der Waals surface area contributed by atoms with E-state index >= 15 is 0 Å². The van der Waals surface area contributed by atoms with Crippen molar-refractivity contribution < 1.29 is 4.74 Å². The summed E-state index contributed by atoms with van der Waals surface area (Å²) in [6.07, 6.45) is 7.30. The minimum atomic E-state index is 0.0273. The SMILES string of the molecule is CCC12COCCN1C1=NC(Cl)=CCCC=C1N(C)C2. The summed E-state index contributed by atoms with van der Waals surface area (Å²) >= 11 is 6.25. The Balaban J connectivity index is 2.07. The first-order chi connectivity index (χ1) is 9.66. The summed E-state index contributed by atoms with van der Waals surface area (Å²) < 4.78 is 5.75. The van der Waals surface area contributed by atoms with Crippen LogP contribution in [-0.2, 0) is 4.74 Å². The molecule has 20 heavy (non-hydrogen) atoms. The van der Waals surface area contributed by atoms with Crippen LogP contribution in [0.25, 0.3) is 0 Å². The van der Waals surface area contributed by atoms with Crippen LogP contribution in [-0.4, -0.2) is 54.5 Å². The molecule has 0 aromatic heterocycles. The van der Waals surface area contributed by atoms with Crippen molar-refractivity contribution in [1.82, 2.24) is 9.80 Å². The standard InChI is InChI=1S/C15H22ClN3O/c1-3-15-10-18(2)12-6-4-5-7-13(16)17-14(12)19(15)8-9-20-11-15/h6-7H,3-5,8-11H2,1-2H3. The smallest absolute Gasteiger partial charge is 0.154 e. The first-order valence-electron chi connectivity index (χ1n) is 7.38. The topological polar surface area (TPSA) is 28.1 Å². The Morgan fingerprint density at radius 3 is 3.00 bits per heavy atom.